The molecule has 0 aliphatic carbocycles. The summed E-state index contributed by atoms with van der Waals surface area (Å²) in [6.45, 7) is 6.02. The number of rotatable bonds is 5. The molecule has 1 heterocycles. The van der Waals surface area contributed by atoms with Gasteiger partial charge in [0.05, 0.1) is 6.26 Å². The molecule has 2 aromatic rings. The Morgan fingerprint density at radius 1 is 1.28 bits per heavy atom. The van der Waals surface area contributed by atoms with Gasteiger partial charge in [-0.2, -0.15) is 4.39 Å². The highest BCUT2D eigenvalue weighted by molar-refractivity contribution is 5.81. The van der Waals surface area contributed by atoms with Crippen molar-refractivity contribution in [1.29, 1.82) is 0 Å². The number of nitrogens with one attached hydrogen (secondary N) is 1. The summed E-state index contributed by atoms with van der Waals surface area (Å²) in [5.41, 5.74) is 0.911. The smallest absolute Gasteiger partial charge is 0.201 e. The van der Waals surface area contributed by atoms with Crippen LogP contribution >= 0.6 is 0 Å². The molecule has 0 bridgehead atoms. The van der Waals surface area contributed by atoms with E-state index in [1.165, 1.54) is 6.26 Å². The molecule has 0 saturated heterocycles. The Balaban J connectivity index is 2.08. The third kappa shape index (κ3) is 2.70. The zero-order valence-electron chi connectivity index (χ0n) is 10.6. The summed E-state index contributed by atoms with van der Waals surface area (Å²) in [5, 5.41) is 3.96. The Labute approximate surface area is 105 Å². The van der Waals surface area contributed by atoms with Gasteiger partial charge in [0.2, 0.25) is 5.82 Å². The van der Waals surface area contributed by atoms with Gasteiger partial charge in [-0.15, -0.1) is 0 Å². The predicted octanol–water partition coefficient (Wildman–Crippen LogP) is 3.50. The van der Waals surface area contributed by atoms with Crippen LogP contribution in [0.5, 0.6) is 0 Å². The summed E-state index contributed by atoms with van der Waals surface area (Å²) in [6, 6.07) is 2.70. The highest BCUT2D eigenvalue weighted by atomic mass is 19.2. The summed E-state index contributed by atoms with van der Waals surface area (Å²) < 4.78 is 31.5. The Bertz CT molecular complexity index is 534. The highest BCUT2D eigenvalue weighted by Gasteiger charge is 2.13. The molecular formula is C14H17F2NO. The summed E-state index contributed by atoms with van der Waals surface area (Å²) in [7, 11) is 0. The second-order valence-electron chi connectivity index (χ2n) is 4.85. The van der Waals surface area contributed by atoms with E-state index < -0.39 is 11.6 Å². The Morgan fingerprint density at radius 2 is 2.06 bits per heavy atom. The van der Waals surface area contributed by atoms with E-state index in [9.17, 15) is 8.78 Å². The minimum atomic E-state index is -0.908. The van der Waals surface area contributed by atoms with Crippen LogP contribution < -0.4 is 5.32 Å². The van der Waals surface area contributed by atoms with Gasteiger partial charge in [0, 0.05) is 5.39 Å². The predicted molar refractivity (Wildman–Crippen MR) is 67.5 cm³/mol. The summed E-state index contributed by atoms with van der Waals surface area (Å²) in [5.74, 6) is -1.19. The number of fused-ring (bicyclic) bond motifs is 1. The number of hydrogen-bond donors (Lipinski definition) is 1. The molecule has 0 amide bonds. The molecule has 1 aromatic carbocycles. The van der Waals surface area contributed by atoms with Crippen molar-refractivity contribution >= 4 is 11.0 Å². The summed E-state index contributed by atoms with van der Waals surface area (Å²) >= 11 is 0. The van der Waals surface area contributed by atoms with Crippen LogP contribution in [0.25, 0.3) is 11.0 Å². The van der Waals surface area contributed by atoms with Crippen molar-refractivity contribution in [2.45, 2.75) is 20.3 Å². The van der Waals surface area contributed by atoms with Crippen molar-refractivity contribution in [3.63, 3.8) is 0 Å². The van der Waals surface area contributed by atoms with Crippen LogP contribution in [-0.4, -0.2) is 13.1 Å². The standard InChI is InChI=1S/C14H17F2NO/c1-9(2)7-17-6-5-10-8-18-14-11(10)3-4-12(15)13(14)16/h3-4,8-9,17H,5-7H2,1-2H3. The number of hydrogen-bond acceptors (Lipinski definition) is 2. The van der Waals surface area contributed by atoms with E-state index in [1.807, 2.05) is 0 Å². The molecule has 2 rings (SSSR count). The largest absolute Gasteiger partial charge is 0.461 e. The van der Waals surface area contributed by atoms with Gasteiger partial charge in [0.25, 0.3) is 0 Å². The molecule has 2 nitrogen and oxygen atoms in total. The van der Waals surface area contributed by atoms with Gasteiger partial charge in [-0.3, -0.25) is 0 Å². The first-order valence-corrected chi connectivity index (χ1v) is 6.14. The monoisotopic (exact) mass is 253 g/mol. The Kier molecular flexibility index (Phi) is 3.97. The van der Waals surface area contributed by atoms with E-state index in [0.717, 1.165) is 31.1 Å². The van der Waals surface area contributed by atoms with Gasteiger partial charge in [-0.1, -0.05) is 13.8 Å². The first kappa shape index (κ1) is 13.0. The molecule has 0 radical (unpaired) electrons. The van der Waals surface area contributed by atoms with Crippen molar-refractivity contribution in [2.75, 3.05) is 13.1 Å². The van der Waals surface area contributed by atoms with Crippen molar-refractivity contribution in [3.05, 3.63) is 35.6 Å². The highest BCUT2D eigenvalue weighted by Crippen LogP contribution is 2.25. The molecule has 1 aromatic heterocycles. The van der Waals surface area contributed by atoms with E-state index in [1.54, 1.807) is 6.07 Å². The molecule has 0 spiro atoms. The van der Waals surface area contributed by atoms with Crippen molar-refractivity contribution in [3.8, 4) is 0 Å². The van der Waals surface area contributed by atoms with Crippen molar-refractivity contribution in [2.24, 2.45) is 5.92 Å². The lowest BCUT2D eigenvalue weighted by atomic mass is 10.1. The molecule has 98 valence electrons. The average molecular weight is 253 g/mol. The van der Waals surface area contributed by atoms with Crippen LogP contribution in [0, 0.1) is 17.6 Å². The summed E-state index contributed by atoms with van der Waals surface area (Å²) in [4.78, 5) is 0. The molecular weight excluding hydrogens is 236 g/mol. The zero-order chi connectivity index (χ0) is 13.1. The van der Waals surface area contributed by atoms with Crippen LogP contribution in [0.1, 0.15) is 19.4 Å². The minimum Gasteiger partial charge on any atom is -0.461 e. The van der Waals surface area contributed by atoms with Gasteiger partial charge in [-0.05, 0) is 43.1 Å². The Hall–Kier alpha value is -1.42. The minimum absolute atomic E-state index is 0.00820. The maximum absolute atomic E-state index is 13.4. The molecule has 0 aliphatic heterocycles. The van der Waals surface area contributed by atoms with Crippen LogP contribution in [0.3, 0.4) is 0 Å². The summed E-state index contributed by atoms with van der Waals surface area (Å²) in [6.07, 6.45) is 2.25. The van der Waals surface area contributed by atoms with Gasteiger partial charge >= 0.3 is 0 Å². The van der Waals surface area contributed by atoms with Crippen LogP contribution in [0.2, 0.25) is 0 Å². The fraction of sp³-hybridized carbons (Fsp3) is 0.429. The van der Waals surface area contributed by atoms with E-state index >= 15 is 0 Å². The number of furan rings is 1. The fourth-order valence-electron chi connectivity index (χ4n) is 1.90. The third-order valence-electron chi connectivity index (χ3n) is 2.84. The van der Waals surface area contributed by atoms with Crippen LogP contribution in [-0.2, 0) is 6.42 Å². The van der Waals surface area contributed by atoms with Gasteiger partial charge in [-0.25, -0.2) is 4.39 Å². The van der Waals surface area contributed by atoms with Crippen molar-refractivity contribution < 1.29 is 13.2 Å². The van der Waals surface area contributed by atoms with Gasteiger partial charge in [0.15, 0.2) is 11.4 Å². The number of halogens is 2. The van der Waals surface area contributed by atoms with Gasteiger partial charge < -0.3 is 9.73 Å². The van der Waals surface area contributed by atoms with E-state index in [0.29, 0.717) is 11.3 Å². The molecule has 18 heavy (non-hydrogen) atoms. The van der Waals surface area contributed by atoms with Crippen LogP contribution in [0.4, 0.5) is 8.78 Å². The van der Waals surface area contributed by atoms with Gasteiger partial charge in [0.1, 0.15) is 0 Å². The molecule has 0 unspecified atom stereocenters. The lowest BCUT2D eigenvalue weighted by molar-refractivity contribution is 0.491. The van der Waals surface area contributed by atoms with E-state index in [-0.39, 0.29) is 5.58 Å². The first-order chi connectivity index (χ1) is 8.59. The third-order valence-corrected chi connectivity index (χ3v) is 2.84. The average Bonchev–Trinajstić information content (AvgIpc) is 2.73. The second kappa shape index (κ2) is 5.48. The lowest BCUT2D eigenvalue weighted by Crippen LogP contribution is -2.21. The SMILES string of the molecule is CC(C)CNCCc1coc2c(F)c(F)ccc12. The first-order valence-electron chi connectivity index (χ1n) is 6.14. The second-order valence-corrected chi connectivity index (χ2v) is 4.85. The maximum Gasteiger partial charge on any atom is 0.201 e. The topological polar surface area (TPSA) is 25.2 Å². The molecule has 1 N–H and O–H groups in total. The molecule has 0 atom stereocenters. The van der Waals surface area contributed by atoms with Crippen LogP contribution in [0.15, 0.2) is 22.8 Å². The van der Waals surface area contributed by atoms with E-state index in [2.05, 4.69) is 19.2 Å². The quantitative estimate of drug-likeness (QED) is 0.825. The number of benzene rings is 1. The molecule has 4 heteroatoms. The zero-order valence-corrected chi connectivity index (χ0v) is 10.6. The molecule has 0 fully saturated rings. The fourth-order valence-corrected chi connectivity index (χ4v) is 1.90. The Morgan fingerprint density at radius 3 is 2.78 bits per heavy atom. The van der Waals surface area contributed by atoms with Crippen molar-refractivity contribution in [1.82, 2.24) is 5.32 Å². The lowest BCUT2D eigenvalue weighted by Gasteiger charge is -2.06. The van der Waals surface area contributed by atoms with E-state index in [4.69, 9.17) is 4.42 Å². The molecule has 0 saturated carbocycles. The molecule has 0 aliphatic rings. The normalized spacial score (nSPS) is 11.6. The maximum atomic E-state index is 13.4.